The summed E-state index contributed by atoms with van der Waals surface area (Å²) in [6.07, 6.45) is 0. The van der Waals surface area contributed by atoms with E-state index >= 15 is 0 Å². The lowest BCUT2D eigenvalue weighted by atomic mass is 10.2. The molecule has 1 rings (SSSR count). The van der Waals surface area contributed by atoms with Gasteiger partial charge in [-0.1, -0.05) is 12.1 Å². The van der Waals surface area contributed by atoms with Crippen LogP contribution in [-0.4, -0.2) is 25.0 Å². The summed E-state index contributed by atoms with van der Waals surface area (Å²) in [7, 11) is -1.61. The Morgan fingerprint density at radius 1 is 1.38 bits per heavy atom. The molecule has 0 radical (unpaired) electrons. The first-order valence-electron chi connectivity index (χ1n) is 5.13. The second kappa shape index (κ2) is 4.84. The Morgan fingerprint density at radius 3 is 2.50 bits per heavy atom. The van der Waals surface area contributed by atoms with Gasteiger partial charge in [-0.3, -0.25) is 0 Å². The van der Waals surface area contributed by atoms with Gasteiger partial charge in [0.2, 0.25) is 10.0 Å². The van der Waals surface area contributed by atoms with Gasteiger partial charge in [-0.25, -0.2) is 12.7 Å². The van der Waals surface area contributed by atoms with E-state index in [1.54, 1.807) is 33.0 Å². The quantitative estimate of drug-likeness (QED) is 0.813. The Labute approximate surface area is 97.1 Å². The van der Waals surface area contributed by atoms with Crippen molar-refractivity contribution in [2.75, 3.05) is 12.8 Å². The van der Waals surface area contributed by atoms with Crippen LogP contribution in [0.5, 0.6) is 0 Å². The van der Waals surface area contributed by atoms with Gasteiger partial charge in [0.25, 0.3) is 0 Å². The van der Waals surface area contributed by atoms with E-state index in [2.05, 4.69) is 0 Å². The highest BCUT2D eigenvalue weighted by molar-refractivity contribution is 7.89. The van der Waals surface area contributed by atoms with Crippen LogP contribution in [0.25, 0.3) is 0 Å². The third kappa shape index (κ3) is 2.96. The minimum absolute atomic E-state index is 0.353. The Hall–Kier alpha value is -1.07. The second-order valence-electron chi connectivity index (χ2n) is 4.09. The van der Waals surface area contributed by atoms with Gasteiger partial charge >= 0.3 is 0 Å². The summed E-state index contributed by atoms with van der Waals surface area (Å²) in [6, 6.07) is 7.25. The van der Waals surface area contributed by atoms with Crippen LogP contribution in [-0.2, 0) is 16.6 Å². The van der Waals surface area contributed by atoms with Crippen LogP contribution in [0.4, 0.5) is 5.69 Å². The molecule has 0 atom stereocenters. The number of nitrogens with two attached hydrogens (primary N) is 1. The van der Waals surface area contributed by atoms with Crippen LogP contribution < -0.4 is 5.73 Å². The zero-order chi connectivity index (χ0) is 12.3. The van der Waals surface area contributed by atoms with E-state index in [1.807, 2.05) is 12.1 Å². The van der Waals surface area contributed by atoms with Crippen LogP contribution in [0.2, 0.25) is 0 Å². The molecule has 0 aromatic heterocycles. The van der Waals surface area contributed by atoms with Gasteiger partial charge in [-0.2, -0.15) is 0 Å². The molecule has 1 aromatic rings. The molecule has 0 aliphatic carbocycles. The summed E-state index contributed by atoms with van der Waals surface area (Å²) < 4.78 is 25.0. The maximum absolute atomic E-state index is 11.8. The molecule has 0 saturated heterocycles. The fourth-order valence-electron chi connectivity index (χ4n) is 1.40. The van der Waals surface area contributed by atoms with Crippen molar-refractivity contribution in [1.82, 2.24) is 4.31 Å². The number of rotatable bonds is 4. The van der Waals surface area contributed by atoms with Crippen molar-refractivity contribution in [3.63, 3.8) is 0 Å². The number of anilines is 1. The number of benzene rings is 1. The van der Waals surface area contributed by atoms with E-state index in [1.165, 1.54) is 4.31 Å². The van der Waals surface area contributed by atoms with E-state index < -0.39 is 15.3 Å². The minimum atomic E-state index is -3.20. The molecule has 2 N–H and O–H groups in total. The second-order valence-corrected chi connectivity index (χ2v) is 6.69. The topological polar surface area (TPSA) is 63.4 Å². The number of sulfonamides is 1. The highest BCUT2D eigenvalue weighted by atomic mass is 32.2. The Balaban J connectivity index is 2.83. The van der Waals surface area contributed by atoms with Gasteiger partial charge in [0.1, 0.15) is 0 Å². The van der Waals surface area contributed by atoms with Gasteiger partial charge in [-0.05, 0) is 31.5 Å². The molecule has 4 nitrogen and oxygen atoms in total. The van der Waals surface area contributed by atoms with Crippen molar-refractivity contribution in [3.8, 4) is 0 Å². The van der Waals surface area contributed by atoms with Gasteiger partial charge < -0.3 is 5.73 Å². The highest BCUT2D eigenvalue weighted by Crippen LogP contribution is 2.13. The summed E-state index contributed by atoms with van der Waals surface area (Å²) in [5, 5.41) is -0.404. The molecule has 0 aliphatic heterocycles. The first kappa shape index (κ1) is 13.0. The SMILES string of the molecule is CC(C)S(=O)(=O)N(C)Cc1cccc(N)c1. The number of nitrogens with zero attached hydrogens (tertiary/aromatic N) is 1. The lowest BCUT2D eigenvalue weighted by molar-refractivity contribution is 0.460. The van der Waals surface area contributed by atoms with Crippen molar-refractivity contribution in [2.45, 2.75) is 25.6 Å². The molecule has 16 heavy (non-hydrogen) atoms. The van der Waals surface area contributed by atoms with Crippen molar-refractivity contribution >= 4 is 15.7 Å². The summed E-state index contributed by atoms with van der Waals surface area (Å²) in [4.78, 5) is 0. The molecule has 0 bridgehead atoms. The molecule has 0 saturated carbocycles. The van der Waals surface area contributed by atoms with Crippen molar-refractivity contribution < 1.29 is 8.42 Å². The van der Waals surface area contributed by atoms with Gasteiger partial charge in [-0.15, -0.1) is 0 Å². The van der Waals surface area contributed by atoms with Crippen molar-refractivity contribution in [1.29, 1.82) is 0 Å². The number of hydrogen-bond acceptors (Lipinski definition) is 3. The van der Waals surface area contributed by atoms with Gasteiger partial charge in [0.15, 0.2) is 0 Å². The molecule has 1 aromatic carbocycles. The molecule has 0 aliphatic rings. The molecule has 5 heteroatoms. The largest absolute Gasteiger partial charge is 0.399 e. The van der Waals surface area contributed by atoms with Crippen molar-refractivity contribution in [2.24, 2.45) is 0 Å². The summed E-state index contributed by atoms with van der Waals surface area (Å²) in [6.45, 7) is 3.70. The van der Waals surface area contributed by atoms with Crippen molar-refractivity contribution in [3.05, 3.63) is 29.8 Å². The standard InChI is InChI=1S/C11H18N2O2S/c1-9(2)16(14,15)13(3)8-10-5-4-6-11(12)7-10/h4-7,9H,8,12H2,1-3H3. The summed E-state index contributed by atoms with van der Waals surface area (Å²) in [5.74, 6) is 0. The average molecular weight is 242 g/mol. The van der Waals surface area contributed by atoms with E-state index in [0.29, 0.717) is 12.2 Å². The molecular weight excluding hydrogens is 224 g/mol. The molecule has 0 heterocycles. The van der Waals surface area contributed by atoms with E-state index in [4.69, 9.17) is 5.73 Å². The maximum atomic E-state index is 11.8. The molecule has 0 spiro atoms. The van der Waals surface area contributed by atoms with Crippen LogP contribution in [0.15, 0.2) is 24.3 Å². The summed E-state index contributed by atoms with van der Waals surface area (Å²) >= 11 is 0. The molecule has 0 fully saturated rings. The first-order chi connectivity index (χ1) is 7.34. The highest BCUT2D eigenvalue weighted by Gasteiger charge is 2.21. The molecule has 0 unspecified atom stereocenters. The predicted molar refractivity (Wildman–Crippen MR) is 66.4 cm³/mol. The zero-order valence-electron chi connectivity index (χ0n) is 9.84. The molecule has 0 amide bonds. The fourth-order valence-corrected chi connectivity index (χ4v) is 2.45. The smallest absolute Gasteiger partial charge is 0.216 e. The van der Waals surface area contributed by atoms with E-state index in [-0.39, 0.29) is 0 Å². The monoisotopic (exact) mass is 242 g/mol. The summed E-state index contributed by atoms with van der Waals surface area (Å²) in [5.41, 5.74) is 7.18. The Morgan fingerprint density at radius 2 is 2.00 bits per heavy atom. The maximum Gasteiger partial charge on any atom is 0.216 e. The zero-order valence-corrected chi connectivity index (χ0v) is 10.7. The lowest BCUT2D eigenvalue weighted by Crippen LogP contribution is -2.32. The van der Waals surface area contributed by atoms with Crippen LogP contribution >= 0.6 is 0 Å². The number of nitrogen functional groups attached to an aromatic ring is 1. The van der Waals surface area contributed by atoms with E-state index in [9.17, 15) is 8.42 Å². The third-order valence-electron chi connectivity index (χ3n) is 2.39. The Bertz CT molecular complexity index is 455. The fraction of sp³-hybridized carbons (Fsp3) is 0.455. The van der Waals surface area contributed by atoms with Crippen LogP contribution in [0.3, 0.4) is 0 Å². The lowest BCUT2D eigenvalue weighted by Gasteiger charge is -2.19. The minimum Gasteiger partial charge on any atom is -0.399 e. The van der Waals surface area contributed by atoms with Gasteiger partial charge in [0, 0.05) is 19.3 Å². The van der Waals surface area contributed by atoms with Gasteiger partial charge in [0.05, 0.1) is 5.25 Å². The third-order valence-corrected chi connectivity index (χ3v) is 4.58. The predicted octanol–water partition coefficient (Wildman–Crippen LogP) is 1.44. The first-order valence-corrected chi connectivity index (χ1v) is 6.64. The normalized spacial score (nSPS) is 12.3. The van der Waals surface area contributed by atoms with Crippen LogP contribution in [0, 0.1) is 0 Å². The van der Waals surface area contributed by atoms with Crippen LogP contribution in [0.1, 0.15) is 19.4 Å². The Kier molecular flexibility index (Phi) is 3.93. The molecule has 90 valence electrons. The van der Waals surface area contributed by atoms with E-state index in [0.717, 1.165) is 5.56 Å². The molecular formula is C11H18N2O2S. The average Bonchev–Trinajstić information content (AvgIpc) is 2.17. The number of hydrogen-bond donors (Lipinski definition) is 1.